The van der Waals surface area contributed by atoms with Gasteiger partial charge in [0.2, 0.25) is 0 Å². The number of carbonyl (C=O) groups is 1. The van der Waals surface area contributed by atoms with E-state index in [1.807, 2.05) is 26.0 Å². The molecule has 0 aliphatic carbocycles. The lowest BCUT2D eigenvalue weighted by Crippen LogP contribution is -2.23. The number of Topliss-reactive ketones (excluding diaryl/α,β-unsaturated/α-hetero) is 1. The van der Waals surface area contributed by atoms with E-state index in [0.29, 0.717) is 5.65 Å². The Morgan fingerprint density at radius 1 is 1.18 bits per heavy atom. The summed E-state index contributed by atoms with van der Waals surface area (Å²) in [4.78, 5) is 27.7. The molecule has 2 heterocycles. The summed E-state index contributed by atoms with van der Waals surface area (Å²) < 4.78 is 2.78. The summed E-state index contributed by atoms with van der Waals surface area (Å²) in [5.41, 5.74) is 3.15. The molecule has 112 valence electrons. The van der Waals surface area contributed by atoms with Crippen LogP contribution in [0.3, 0.4) is 0 Å². The third kappa shape index (κ3) is 2.41. The van der Waals surface area contributed by atoms with Crippen molar-refractivity contribution in [2.24, 2.45) is 0 Å². The number of nitrogens with zero attached hydrogens (tertiary/aromatic N) is 5. The number of aromatic nitrogens is 5. The molecule has 1 aromatic carbocycles. The van der Waals surface area contributed by atoms with Crippen molar-refractivity contribution in [2.45, 2.75) is 27.3 Å². The Hall–Kier alpha value is -2.83. The predicted octanol–water partition coefficient (Wildman–Crippen LogP) is 1.18. The molecule has 22 heavy (non-hydrogen) atoms. The van der Waals surface area contributed by atoms with E-state index in [4.69, 9.17) is 0 Å². The van der Waals surface area contributed by atoms with E-state index in [1.54, 1.807) is 0 Å². The number of fused-ring (bicyclic) bond motifs is 1. The van der Waals surface area contributed by atoms with Gasteiger partial charge in [-0.15, -0.1) is 5.10 Å². The average Bonchev–Trinajstić information content (AvgIpc) is 2.85. The number of hydrogen-bond acceptors (Lipinski definition) is 5. The minimum absolute atomic E-state index is 0.0157. The highest BCUT2D eigenvalue weighted by Gasteiger charge is 2.14. The summed E-state index contributed by atoms with van der Waals surface area (Å²) in [5, 5.41) is 7.96. The van der Waals surface area contributed by atoms with Gasteiger partial charge in [-0.25, -0.2) is 4.98 Å². The molecule has 0 aliphatic heterocycles. The summed E-state index contributed by atoms with van der Waals surface area (Å²) in [6.45, 7) is 5.38. The van der Waals surface area contributed by atoms with Gasteiger partial charge in [0.15, 0.2) is 11.2 Å². The highest BCUT2D eigenvalue weighted by molar-refractivity contribution is 5.76. The maximum atomic E-state index is 12.3. The summed E-state index contributed by atoms with van der Waals surface area (Å²) >= 11 is 0. The summed E-state index contributed by atoms with van der Waals surface area (Å²) in [6, 6.07) is 5.95. The van der Waals surface area contributed by atoms with Gasteiger partial charge in [0, 0.05) is 0 Å². The first-order valence-electron chi connectivity index (χ1n) is 6.84. The van der Waals surface area contributed by atoms with Crippen molar-refractivity contribution in [1.82, 2.24) is 24.5 Å². The molecule has 0 N–H and O–H groups in total. The standard InChI is InChI=1S/C15H15N5O2/c1-9-4-10(2)6-12(5-9)20-14-13(17-18-20)15(22)19(8-16-14)7-11(3)21/h4-6,8H,7H2,1-3H3. The monoisotopic (exact) mass is 297 g/mol. The molecule has 7 heteroatoms. The number of benzene rings is 1. The molecule has 0 aliphatic rings. The van der Waals surface area contributed by atoms with Crippen LogP contribution >= 0.6 is 0 Å². The van der Waals surface area contributed by atoms with E-state index in [9.17, 15) is 9.59 Å². The largest absolute Gasteiger partial charge is 0.298 e. The molecule has 0 atom stereocenters. The van der Waals surface area contributed by atoms with Crippen molar-refractivity contribution in [3.63, 3.8) is 0 Å². The van der Waals surface area contributed by atoms with E-state index in [2.05, 4.69) is 21.4 Å². The van der Waals surface area contributed by atoms with Crippen LogP contribution in [-0.4, -0.2) is 30.3 Å². The summed E-state index contributed by atoms with van der Waals surface area (Å²) in [5.74, 6) is -0.120. The molecular weight excluding hydrogens is 282 g/mol. The van der Waals surface area contributed by atoms with E-state index < -0.39 is 0 Å². The fraction of sp³-hybridized carbons (Fsp3) is 0.267. The molecule has 0 saturated carbocycles. The lowest BCUT2D eigenvalue weighted by Gasteiger charge is -2.05. The zero-order valence-electron chi connectivity index (χ0n) is 12.6. The molecule has 0 saturated heterocycles. The maximum absolute atomic E-state index is 12.3. The van der Waals surface area contributed by atoms with Crippen LogP contribution in [0.5, 0.6) is 0 Å². The molecule has 7 nitrogen and oxygen atoms in total. The third-order valence-electron chi connectivity index (χ3n) is 3.27. The Balaban J connectivity index is 2.19. The van der Waals surface area contributed by atoms with Crippen molar-refractivity contribution >= 4 is 16.9 Å². The van der Waals surface area contributed by atoms with Crippen molar-refractivity contribution in [3.05, 3.63) is 46.0 Å². The minimum Gasteiger partial charge on any atom is -0.298 e. The highest BCUT2D eigenvalue weighted by Crippen LogP contribution is 2.15. The molecule has 2 aromatic heterocycles. The van der Waals surface area contributed by atoms with Crippen molar-refractivity contribution in [3.8, 4) is 5.69 Å². The first-order chi connectivity index (χ1) is 10.5. The first kappa shape index (κ1) is 14.1. The van der Waals surface area contributed by atoms with Crippen LogP contribution in [-0.2, 0) is 11.3 Å². The molecule has 0 fully saturated rings. The third-order valence-corrected chi connectivity index (χ3v) is 3.27. The Kier molecular flexibility index (Phi) is 3.32. The molecule has 3 rings (SSSR count). The second-order valence-corrected chi connectivity index (χ2v) is 5.40. The molecule has 0 bridgehead atoms. The first-order valence-corrected chi connectivity index (χ1v) is 6.84. The minimum atomic E-state index is -0.365. The second kappa shape index (κ2) is 5.18. The molecule has 3 aromatic rings. The van der Waals surface area contributed by atoms with Gasteiger partial charge in [-0.05, 0) is 44.0 Å². The van der Waals surface area contributed by atoms with Gasteiger partial charge in [0.05, 0.1) is 12.2 Å². The summed E-state index contributed by atoms with van der Waals surface area (Å²) in [6.07, 6.45) is 1.36. The van der Waals surface area contributed by atoms with E-state index >= 15 is 0 Å². The van der Waals surface area contributed by atoms with Crippen molar-refractivity contribution < 1.29 is 4.79 Å². The zero-order valence-corrected chi connectivity index (χ0v) is 12.6. The topological polar surface area (TPSA) is 82.7 Å². The van der Waals surface area contributed by atoms with Crippen LogP contribution in [0.4, 0.5) is 0 Å². The van der Waals surface area contributed by atoms with Gasteiger partial charge < -0.3 is 0 Å². The molecule has 0 amide bonds. The lowest BCUT2D eigenvalue weighted by atomic mass is 10.1. The van der Waals surface area contributed by atoms with Crippen LogP contribution in [0, 0.1) is 13.8 Å². The fourth-order valence-corrected chi connectivity index (χ4v) is 2.44. The van der Waals surface area contributed by atoms with Gasteiger partial charge in [0.1, 0.15) is 12.1 Å². The number of hydrogen-bond donors (Lipinski definition) is 0. The number of carbonyl (C=O) groups excluding carboxylic acids is 1. The SMILES string of the molecule is CC(=O)Cn1cnc2c(nnn2-c2cc(C)cc(C)c2)c1=O. The van der Waals surface area contributed by atoms with Crippen LogP contribution in [0.1, 0.15) is 18.1 Å². The molecule has 0 spiro atoms. The Morgan fingerprint density at radius 2 is 1.86 bits per heavy atom. The van der Waals surface area contributed by atoms with Gasteiger partial charge in [0.25, 0.3) is 5.56 Å². The van der Waals surface area contributed by atoms with Gasteiger partial charge in [-0.2, -0.15) is 4.68 Å². The maximum Gasteiger partial charge on any atom is 0.283 e. The van der Waals surface area contributed by atoms with Crippen LogP contribution < -0.4 is 5.56 Å². The number of rotatable bonds is 3. The Bertz CT molecular complexity index is 918. The molecule has 0 radical (unpaired) electrons. The quantitative estimate of drug-likeness (QED) is 0.725. The average molecular weight is 297 g/mol. The smallest absolute Gasteiger partial charge is 0.283 e. The second-order valence-electron chi connectivity index (χ2n) is 5.40. The normalized spacial score (nSPS) is 11.0. The van der Waals surface area contributed by atoms with Gasteiger partial charge in [-0.1, -0.05) is 11.3 Å². The summed E-state index contributed by atoms with van der Waals surface area (Å²) in [7, 11) is 0. The highest BCUT2D eigenvalue weighted by atomic mass is 16.1. The lowest BCUT2D eigenvalue weighted by molar-refractivity contribution is -0.117. The molecular formula is C15H15N5O2. The number of ketones is 1. The van der Waals surface area contributed by atoms with Gasteiger partial charge >= 0.3 is 0 Å². The predicted molar refractivity (Wildman–Crippen MR) is 81.1 cm³/mol. The zero-order chi connectivity index (χ0) is 15.9. The Labute approximate surface area is 126 Å². The van der Waals surface area contributed by atoms with Crippen molar-refractivity contribution in [2.75, 3.05) is 0 Å². The van der Waals surface area contributed by atoms with Crippen LogP contribution in [0.2, 0.25) is 0 Å². The van der Waals surface area contributed by atoms with Gasteiger partial charge in [-0.3, -0.25) is 14.2 Å². The van der Waals surface area contributed by atoms with E-state index in [0.717, 1.165) is 16.8 Å². The van der Waals surface area contributed by atoms with E-state index in [-0.39, 0.29) is 23.4 Å². The molecule has 0 unspecified atom stereocenters. The van der Waals surface area contributed by atoms with E-state index in [1.165, 1.54) is 22.5 Å². The fourth-order valence-electron chi connectivity index (χ4n) is 2.44. The van der Waals surface area contributed by atoms with Crippen molar-refractivity contribution in [1.29, 1.82) is 0 Å². The number of aryl methyl sites for hydroxylation is 2. The van der Waals surface area contributed by atoms with Crippen LogP contribution in [0.25, 0.3) is 16.9 Å². The van der Waals surface area contributed by atoms with Crippen LogP contribution in [0.15, 0.2) is 29.3 Å². The Morgan fingerprint density at radius 3 is 2.50 bits per heavy atom.